The zero-order chi connectivity index (χ0) is 18.7. The van der Waals surface area contributed by atoms with Crippen molar-refractivity contribution in [2.75, 3.05) is 38.2 Å². The topological polar surface area (TPSA) is 37.2 Å². The second-order valence-corrected chi connectivity index (χ2v) is 7.91. The molecule has 2 fully saturated rings. The van der Waals surface area contributed by atoms with E-state index in [1.54, 1.807) is 7.11 Å². The molecular formula is C21H34N3O2+. The van der Waals surface area contributed by atoms with Crippen molar-refractivity contribution in [1.29, 1.82) is 0 Å². The Morgan fingerprint density at radius 1 is 1.15 bits per heavy atom. The second-order valence-electron chi connectivity index (χ2n) is 7.91. The molecule has 0 radical (unpaired) electrons. The van der Waals surface area contributed by atoms with Gasteiger partial charge in [0.15, 0.2) is 6.04 Å². The Labute approximate surface area is 157 Å². The SMILES string of the molecule is COc1ccccc1N1CC[NH+]([C@H](C)C(=O)N2[C@H](C)CCC[C@H]2C)CC1. The van der Waals surface area contributed by atoms with Gasteiger partial charge in [0, 0.05) is 12.1 Å². The van der Waals surface area contributed by atoms with Gasteiger partial charge >= 0.3 is 0 Å². The van der Waals surface area contributed by atoms with Crippen LogP contribution in [0.5, 0.6) is 5.75 Å². The average Bonchev–Trinajstić information content (AvgIpc) is 2.67. The molecule has 2 heterocycles. The molecule has 1 aromatic carbocycles. The molecule has 1 N–H and O–H groups in total. The summed E-state index contributed by atoms with van der Waals surface area (Å²) in [4.78, 5) is 19.1. The molecule has 0 saturated carbocycles. The Morgan fingerprint density at radius 2 is 1.77 bits per heavy atom. The van der Waals surface area contributed by atoms with E-state index in [-0.39, 0.29) is 6.04 Å². The van der Waals surface area contributed by atoms with Crippen molar-refractivity contribution in [3.8, 4) is 5.75 Å². The number of benzene rings is 1. The Balaban J connectivity index is 1.61. The highest BCUT2D eigenvalue weighted by atomic mass is 16.5. The molecule has 0 spiro atoms. The number of ether oxygens (including phenoxy) is 1. The fraction of sp³-hybridized carbons (Fsp3) is 0.667. The monoisotopic (exact) mass is 360 g/mol. The van der Waals surface area contributed by atoms with E-state index < -0.39 is 0 Å². The molecule has 3 rings (SSSR count). The fourth-order valence-corrected chi connectivity index (χ4v) is 4.61. The maximum atomic E-state index is 13.1. The number of piperazine rings is 1. The summed E-state index contributed by atoms with van der Waals surface area (Å²) < 4.78 is 5.50. The summed E-state index contributed by atoms with van der Waals surface area (Å²) in [7, 11) is 1.72. The van der Waals surface area contributed by atoms with Crippen LogP contribution in [0.1, 0.15) is 40.0 Å². The number of hydrogen-bond donors (Lipinski definition) is 1. The van der Waals surface area contributed by atoms with Gasteiger partial charge in [0.25, 0.3) is 5.91 Å². The lowest BCUT2D eigenvalue weighted by atomic mass is 9.96. The summed E-state index contributed by atoms with van der Waals surface area (Å²) in [6.07, 6.45) is 3.52. The molecule has 3 atom stereocenters. The first-order chi connectivity index (χ1) is 12.5. The Morgan fingerprint density at radius 3 is 2.38 bits per heavy atom. The van der Waals surface area contributed by atoms with Gasteiger partial charge in [-0.1, -0.05) is 12.1 Å². The van der Waals surface area contributed by atoms with Gasteiger partial charge in [-0.05, 0) is 52.2 Å². The third-order valence-corrected chi connectivity index (χ3v) is 6.26. The van der Waals surface area contributed by atoms with Gasteiger partial charge in [-0.15, -0.1) is 0 Å². The molecule has 0 aromatic heterocycles. The lowest BCUT2D eigenvalue weighted by Gasteiger charge is -2.42. The zero-order valence-corrected chi connectivity index (χ0v) is 16.7. The van der Waals surface area contributed by atoms with E-state index in [0.29, 0.717) is 18.0 Å². The van der Waals surface area contributed by atoms with Gasteiger partial charge < -0.3 is 19.4 Å². The van der Waals surface area contributed by atoms with E-state index in [0.717, 1.165) is 50.5 Å². The number of methoxy groups -OCH3 is 1. The number of amides is 1. The van der Waals surface area contributed by atoms with E-state index in [1.165, 1.54) is 11.3 Å². The number of piperidine rings is 1. The highest BCUT2D eigenvalue weighted by Gasteiger charge is 2.37. The molecule has 5 heteroatoms. The molecule has 2 aliphatic rings. The quantitative estimate of drug-likeness (QED) is 0.886. The van der Waals surface area contributed by atoms with Gasteiger partial charge in [-0.3, -0.25) is 4.79 Å². The lowest BCUT2D eigenvalue weighted by molar-refractivity contribution is -0.915. The first-order valence-electron chi connectivity index (χ1n) is 10.1. The molecule has 0 bridgehead atoms. The smallest absolute Gasteiger partial charge is 0.281 e. The number of nitrogens with zero attached hydrogens (tertiary/aromatic N) is 2. The lowest BCUT2D eigenvalue weighted by Crippen LogP contribution is -3.19. The highest BCUT2D eigenvalue weighted by Crippen LogP contribution is 2.27. The van der Waals surface area contributed by atoms with Gasteiger partial charge in [-0.2, -0.15) is 0 Å². The number of anilines is 1. The standard InChI is InChI=1S/C21H33N3O2/c1-16-8-7-9-17(2)24(16)21(25)18(3)22-12-14-23(15-13-22)19-10-5-6-11-20(19)26-4/h5-6,10-11,16-18H,7-9,12-15H2,1-4H3/p+1/t16-,17-,18-/m1/s1. The molecule has 2 aliphatic heterocycles. The predicted octanol–water partition coefficient (Wildman–Crippen LogP) is 1.58. The maximum absolute atomic E-state index is 13.1. The molecule has 1 amide bonds. The highest BCUT2D eigenvalue weighted by molar-refractivity contribution is 5.81. The molecule has 1 aromatic rings. The van der Waals surface area contributed by atoms with E-state index in [9.17, 15) is 4.79 Å². The minimum Gasteiger partial charge on any atom is -0.495 e. The molecular weight excluding hydrogens is 326 g/mol. The van der Waals surface area contributed by atoms with E-state index in [1.807, 2.05) is 12.1 Å². The van der Waals surface area contributed by atoms with Gasteiger partial charge in [0.1, 0.15) is 5.75 Å². The summed E-state index contributed by atoms with van der Waals surface area (Å²) in [5, 5.41) is 0. The van der Waals surface area contributed by atoms with Crippen LogP contribution in [0.3, 0.4) is 0 Å². The fourth-order valence-electron chi connectivity index (χ4n) is 4.61. The summed E-state index contributed by atoms with van der Waals surface area (Å²) in [5.41, 5.74) is 1.16. The van der Waals surface area contributed by atoms with Crippen LogP contribution in [0.2, 0.25) is 0 Å². The number of likely N-dealkylation sites (tertiary alicyclic amines) is 1. The molecule has 26 heavy (non-hydrogen) atoms. The van der Waals surface area contributed by atoms with Gasteiger partial charge in [0.2, 0.25) is 0 Å². The van der Waals surface area contributed by atoms with E-state index in [2.05, 4.69) is 42.7 Å². The number of rotatable bonds is 4. The summed E-state index contributed by atoms with van der Waals surface area (Å²) >= 11 is 0. The summed E-state index contributed by atoms with van der Waals surface area (Å²) in [6.45, 7) is 10.4. The third kappa shape index (κ3) is 3.83. The Hall–Kier alpha value is -1.75. The number of para-hydroxylation sites is 2. The van der Waals surface area contributed by atoms with Gasteiger partial charge in [0.05, 0.1) is 39.0 Å². The molecule has 2 saturated heterocycles. The van der Waals surface area contributed by atoms with E-state index >= 15 is 0 Å². The number of carbonyl (C=O) groups is 1. The van der Waals surface area contributed by atoms with Crippen molar-refractivity contribution < 1.29 is 14.4 Å². The van der Waals surface area contributed by atoms with Crippen LogP contribution >= 0.6 is 0 Å². The average molecular weight is 361 g/mol. The zero-order valence-electron chi connectivity index (χ0n) is 16.7. The largest absolute Gasteiger partial charge is 0.495 e. The number of nitrogens with one attached hydrogen (secondary N) is 1. The number of hydrogen-bond acceptors (Lipinski definition) is 3. The summed E-state index contributed by atoms with van der Waals surface area (Å²) in [6, 6.07) is 8.99. The molecule has 144 valence electrons. The van der Waals surface area contributed by atoms with Crippen LogP contribution in [0.4, 0.5) is 5.69 Å². The molecule has 0 aliphatic carbocycles. The third-order valence-electron chi connectivity index (χ3n) is 6.26. The Kier molecular flexibility index (Phi) is 6.07. The van der Waals surface area contributed by atoms with Crippen LogP contribution in [0.25, 0.3) is 0 Å². The second kappa shape index (κ2) is 8.30. The van der Waals surface area contributed by atoms with Crippen molar-refractivity contribution >= 4 is 11.6 Å². The van der Waals surface area contributed by atoms with Crippen LogP contribution in [-0.2, 0) is 4.79 Å². The van der Waals surface area contributed by atoms with E-state index in [4.69, 9.17) is 4.74 Å². The number of carbonyl (C=O) groups excluding carboxylic acids is 1. The van der Waals surface area contributed by atoms with Crippen molar-refractivity contribution in [3.05, 3.63) is 24.3 Å². The normalized spacial score (nSPS) is 25.8. The predicted molar refractivity (Wildman–Crippen MR) is 105 cm³/mol. The summed E-state index contributed by atoms with van der Waals surface area (Å²) in [5.74, 6) is 1.27. The minimum absolute atomic E-state index is 0.0396. The van der Waals surface area contributed by atoms with Crippen molar-refractivity contribution in [3.63, 3.8) is 0 Å². The first-order valence-corrected chi connectivity index (χ1v) is 10.1. The van der Waals surface area contributed by atoms with Crippen LogP contribution in [0.15, 0.2) is 24.3 Å². The van der Waals surface area contributed by atoms with Crippen molar-refractivity contribution in [1.82, 2.24) is 4.90 Å². The van der Waals surface area contributed by atoms with Crippen LogP contribution in [-0.4, -0.2) is 62.2 Å². The van der Waals surface area contributed by atoms with Crippen molar-refractivity contribution in [2.24, 2.45) is 0 Å². The van der Waals surface area contributed by atoms with Crippen LogP contribution in [0, 0.1) is 0 Å². The van der Waals surface area contributed by atoms with Crippen molar-refractivity contribution in [2.45, 2.75) is 58.2 Å². The van der Waals surface area contributed by atoms with Crippen LogP contribution < -0.4 is 14.5 Å². The maximum Gasteiger partial charge on any atom is 0.281 e. The number of quaternary nitrogens is 1. The minimum atomic E-state index is 0.0396. The molecule has 5 nitrogen and oxygen atoms in total. The Bertz CT molecular complexity index is 603. The van der Waals surface area contributed by atoms with Gasteiger partial charge in [-0.25, -0.2) is 0 Å². The first kappa shape index (κ1) is 19.0. The molecule has 0 unspecified atom stereocenters.